The second kappa shape index (κ2) is 6.47. The molecule has 1 aromatic rings. The van der Waals surface area contributed by atoms with Crippen LogP contribution in [0.15, 0.2) is 18.2 Å². The third-order valence-corrected chi connectivity index (χ3v) is 3.67. The van der Waals surface area contributed by atoms with Crippen molar-refractivity contribution in [1.29, 1.82) is 0 Å². The molecule has 0 saturated carbocycles. The van der Waals surface area contributed by atoms with E-state index in [9.17, 15) is 9.59 Å². The van der Waals surface area contributed by atoms with Gasteiger partial charge < -0.3 is 19.7 Å². The van der Waals surface area contributed by atoms with Gasteiger partial charge in [0, 0.05) is 6.54 Å². The van der Waals surface area contributed by atoms with Gasteiger partial charge in [-0.05, 0) is 31.0 Å². The first kappa shape index (κ1) is 15.2. The molecule has 1 aliphatic heterocycles. The number of amides is 2. The Kier molecular flexibility index (Phi) is 4.67. The molecule has 0 aromatic heterocycles. The quantitative estimate of drug-likeness (QED) is 0.862. The van der Waals surface area contributed by atoms with Crippen LogP contribution < -0.4 is 14.8 Å². The van der Waals surface area contributed by atoms with E-state index in [0.717, 1.165) is 5.56 Å². The third kappa shape index (κ3) is 3.26. The maximum atomic E-state index is 11.9. The van der Waals surface area contributed by atoms with E-state index in [1.807, 2.05) is 18.2 Å². The largest absolute Gasteiger partial charge is 0.493 e. The number of benzene rings is 1. The monoisotopic (exact) mass is 292 g/mol. The van der Waals surface area contributed by atoms with E-state index in [4.69, 9.17) is 9.47 Å². The number of carbonyl (C=O) groups is 2. The van der Waals surface area contributed by atoms with Crippen molar-refractivity contribution in [2.75, 3.05) is 27.3 Å². The zero-order valence-electron chi connectivity index (χ0n) is 12.5. The van der Waals surface area contributed by atoms with Crippen LogP contribution in [0.2, 0.25) is 0 Å². The summed E-state index contributed by atoms with van der Waals surface area (Å²) in [6, 6.07) is 5.23. The molecule has 1 aromatic carbocycles. The number of piperazine rings is 1. The third-order valence-electron chi connectivity index (χ3n) is 3.67. The normalized spacial score (nSPS) is 18.4. The van der Waals surface area contributed by atoms with Crippen molar-refractivity contribution in [3.8, 4) is 11.5 Å². The Morgan fingerprint density at radius 1 is 1.24 bits per heavy atom. The van der Waals surface area contributed by atoms with E-state index in [1.165, 1.54) is 0 Å². The summed E-state index contributed by atoms with van der Waals surface area (Å²) in [5.41, 5.74) is 1.03. The van der Waals surface area contributed by atoms with Gasteiger partial charge in [-0.2, -0.15) is 0 Å². The Morgan fingerprint density at radius 2 is 1.95 bits per heavy atom. The van der Waals surface area contributed by atoms with Gasteiger partial charge in [-0.25, -0.2) is 0 Å². The molecule has 1 N–H and O–H groups in total. The van der Waals surface area contributed by atoms with Crippen LogP contribution in [-0.4, -0.2) is 50.1 Å². The summed E-state index contributed by atoms with van der Waals surface area (Å²) in [4.78, 5) is 25.1. The summed E-state index contributed by atoms with van der Waals surface area (Å²) < 4.78 is 10.4. The van der Waals surface area contributed by atoms with Gasteiger partial charge in [0.15, 0.2) is 11.5 Å². The number of methoxy groups -OCH3 is 2. The second-order valence-corrected chi connectivity index (χ2v) is 4.92. The minimum absolute atomic E-state index is 0.0532. The van der Waals surface area contributed by atoms with Gasteiger partial charge in [0.1, 0.15) is 6.04 Å². The van der Waals surface area contributed by atoms with E-state index in [1.54, 1.807) is 26.0 Å². The summed E-state index contributed by atoms with van der Waals surface area (Å²) >= 11 is 0. The molecule has 0 spiro atoms. The highest BCUT2D eigenvalue weighted by Gasteiger charge is 2.30. The average molecular weight is 292 g/mol. The van der Waals surface area contributed by atoms with Crippen molar-refractivity contribution in [3.05, 3.63) is 23.8 Å². The Labute approximate surface area is 124 Å². The molecule has 21 heavy (non-hydrogen) atoms. The van der Waals surface area contributed by atoms with Crippen molar-refractivity contribution in [2.45, 2.75) is 19.4 Å². The Hall–Kier alpha value is -2.24. The van der Waals surface area contributed by atoms with Gasteiger partial charge in [0.2, 0.25) is 11.8 Å². The van der Waals surface area contributed by atoms with Gasteiger partial charge >= 0.3 is 0 Å². The molecule has 0 radical (unpaired) electrons. The highest BCUT2D eigenvalue weighted by atomic mass is 16.5. The maximum absolute atomic E-state index is 11.9. The molecule has 2 amide bonds. The summed E-state index contributed by atoms with van der Waals surface area (Å²) in [6.07, 6.45) is 0.656. The molecule has 0 aliphatic carbocycles. The van der Waals surface area contributed by atoms with Crippen LogP contribution >= 0.6 is 0 Å². The van der Waals surface area contributed by atoms with Crippen LogP contribution in [0.25, 0.3) is 0 Å². The zero-order valence-corrected chi connectivity index (χ0v) is 12.5. The van der Waals surface area contributed by atoms with E-state index in [-0.39, 0.29) is 18.4 Å². The second-order valence-electron chi connectivity index (χ2n) is 4.92. The molecule has 0 bridgehead atoms. The Morgan fingerprint density at radius 3 is 2.62 bits per heavy atom. The molecule has 2 rings (SSSR count). The van der Waals surface area contributed by atoms with Crippen LogP contribution in [0.1, 0.15) is 12.5 Å². The topological polar surface area (TPSA) is 67.9 Å². The molecule has 1 aliphatic rings. The van der Waals surface area contributed by atoms with Gasteiger partial charge in [0.25, 0.3) is 0 Å². The van der Waals surface area contributed by atoms with Gasteiger partial charge in [-0.1, -0.05) is 6.07 Å². The number of carbonyl (C=O) groups excluding carboxylic acids is 2. The molecule has 6 nitrogen and oxygen atoms in total. The van der Waals surface area contributed by atoms with Crippen LogP contribution in [0, 0.1) is 0 Å². The summed E-state index contributed by atoms with van der Waals surface area (Å²) in [7, 11) is 3.17. The fourth-order valence-electron chi connectivity index (χ4n) is 2.37. The fraction of sp³-hybridized carbons (Fsp3) is 0.467. The number of hydrogen-bond acceptors (Lipinski definition) is 4. The first-order valence-electron chi connectivity index (χ1n) is 6.85. The molecule has 1 atom stereocenters. The molecular weight excluding hydrogens is 272 g/mol. The van der Waals surface area contributed by atoms with Crippen molar-refractivity contribution in [3.63, 3.8) is 0 Å². The number of rotatable bonds is 5. The Balaban J connectivity index is 2.05. The smallest absolute Gasteiger partial charge is 0.242 e. The minimum Gasteiger partial charge on any atom is -0.493 e. The summed E-state index contributed by atoms with van der Waals surface area (Å²) in [5.74, 6) is 1.17. The summed E-state index contributed by atoms with van der Waals surface area (Å²) in [6.45, 7) is 2.32. The predicted octanol–water partition coefficient (Wildman–Crippen LogP) is 0.593. The lowest BCUT2D eigenvalue weighted by atomic mass is 10.1. The van der Waals surface area contributed by atoms with E-state index in [2.05, 4.69) is 5.32 Å². The first-order valence-corrected chi connectivity index (χ1v) is 6.85. The van der Waals surface area contributed by atoms with Crippen molar-refractivity contribution < 1.29 is 19.1 Å². The van der Waals surface area contributed by atoms with Crippen molar-refractivity contribution in [1.82, 2.24) is 10.2 Å². The van der Waals surface area contributed by atoms with E-state index in [0.29, 0.717) is 24.5 Å². The molecule has 1 unspecified atom stereocenters. The molecule has 6 heteroatoms. The van der Waals surface area contributed by atoms with Crippen LogP contribution in [0.4, 0.5) is 0 Å². The van der Waals surface area contributed by atoms with Crippen LogP contribution in [-0.2, 0) is 16.0 Å². The highest BCUT2D eigenvalue weighted by molar-refractivity contribution is 5.94. The van der Waals surface area contributed by atoms with Gasteiger partial charge in [-0.15, -0.1) is 0 Å². The van der Waals surface area contributed by atoms with Gasteiger partial charge in [-0.3, -0.25) is 9.59 Å². The first-order chi connectivity index (χ1) is 10.1. The van der Waals surface area contributed by atoms with Crippen molar-refractivity contribution >= 4 is 11.8 Å². The zero-order chi connectivity index (χ0) is 15.4. The van der Waals surface area contributed by atoms with E-state index >= 15 is 0 Å². The molecular formula is C15H20N2O4. The average Bonchev–Trinajstić information content (AvgIpc) is 2.50. The van der Waals surface area contributed by atoms with Gasteiger partial charge in [0.05, 0.1) is 20.8 Å². The molecule has 1 fully saturated rings. The standard InChI is InChI=1S/C15H20N2O4/c1-10-15(19)16-9-14(18)17(10)7-6-11-4-5-12(20-2)13(8-11)21-3/h4-5,8,10H,6-7,9H2,1-3H3,(H,16,19). The lowest BCUT2D eigenvalue weighted by molar-refractivity contribution is -0.144. The number of nitrogens with one attached hydrogen (secondary N) is 1. The number of hydrogen-bond donors (Lipinski definition) is 1. The number of nitrogens with zero attached hydrogens (tertiary/aromatic N) is 1. The summed E-state index contributed by atoms with van der Waals surface area (Å²) in [5, 5.41) is 2.58. The fourth-order valence-corrected chi connectivity index (χ4v) is 2.37. The maximum Gasteiger partial charge on any atom is 0.242 e. The van der Waals surface area contributed by atoms with Crippen LogP contribution in [0.5, 0.6) is 11.5 Å². The highest BCUT2D eigenvalue weighted by Crippen LogP contribution is 2.27. The lowest BCUT2D eigenvalue weighted by Crippen LogP contribution is -2.57. The molecule has 1 saturated heterocycles. The minimum atomic E-state index is -0.425. The van der Waals surface area contributed by atoms with E-state index < -0.39 is 6.04 Å². The molecule has 114 valence electrons. The number of ether oxygens (including phenoxy) is 2. The van der Waals surface area contributed by atoms with Crippen molar-refractivity contribution in [2.24, 2.45) is 0 Å². The van der Waals surface area contributed by atoms with Crippen LogP contribution in [0.3, 0.4) is 0 Å². The predicted molar refractivity (Wildman–Crippen MR) is 77.4 cm³/mol. The Bertz CT molecular complexity index is 544. The SMILES string of the molecule is COc1ccc(CCN2C(=O)CNC(=O)C2C)cc1OC. The molecule has 1 heterocycles. The lowest BCUT2D eigenvalue weighted by Gasteiger charge is -2.32.